The van der Waals surface area contributed by atoms with Gasteiger partial charge in [0.05, 0.1) is 0 Å². The zero-order chi connectivity index (χ0) is 10.8. The van der Waals surface area contributed by atoms with Crippen molar-refractivity contribution in [2.24, 2.45) is 5.92 Å². The first-order chi connectivity index (χ1) is 7.43. The molecular weight excluding hydrogens is 190 g/mol. The molecule has 0 atom stereocenters. The van der Waals surface area contributed by atoms with Crippen LogP contribution >= 0.6 is 0 Å². The van der Waals surface area contributed by atoms with E-state index in [1.54, 1.807) is 0 Å². The quantitative estimate of drug-likeness (QED) is 0.627. The highest BCUT2D eigenvalue weighted by Gasteiger charge is 2.13. The molecule has 1 saturated heterocycles. The maximum absolute atomic E-state index is 5.68. The molecule has 1 aliphatic heterocycles. The van der Waals surface area contributed by atoms with Crippen molar-refractivity contribution in [2.45, 2.75) is 32.1 Å². The van der Waals surface area contributed by atoms with E-state index in [9.17, 15) is 0 Å². The largest absolute Gasteiger partial charge is 0.381 e. The fourth-order valence-electron chi connectivity index (χ4n) is 1.85. The van der Waals surface area contributed by atoms with Gasteiger partial charge in [0.2, 0.25) is 0 Å². The third-order valence-corrected chi connectivity index (χ3v) is 2.91. The molecule has 0 radical (unpaired) electrons. The van der Waals surface area contributed by atoms with E-state index in [0.717, 1.165) is 38.9 Å². The predicted molar refractivity (Wildman–Crippen MR) is 62.1 cm³/mol. The van der Waals surface area contributed by atoms with Crippen LogP contribution in [0.1, 0.15) is 32.1 Å². The molecule has 3 heteroatoms. The van der Waals surface area contributed by atoms with Gasteiger partial charge in [0.25, 0.3) is 0 Å². The highest BCUT2D eigenvalue weighted by Crippen LogP contribution is 2.14. The Morgan fingerprint density at radius 1 is 1.20 bits per heavy atom. The Balaban J connectivity index is 1.79. The highest BCUT2D eigenvalue weighted by molar-refractivity contribution is 4.62. The lowest BCUT2D eigenvalue weighted by Gasteiger charge is -2.21. The van der Waals surface area contributed by atoms with Gasteiger partial charge in [-0.05, 0) is 51.6 Å². The molecule has 3 nitrogen and oxygen atoms in total. The Bertz CT molecular complexity index is 136. The second-order valence-electron chi connectivity index (χ2n) is 4.29. The molecule has 0 saturated carbocycles. The standard InChI is InChI=1S/C12H25NO2/c1-13-7-3-2-4-8-15-11-12-5-9-14-10-6-12/h12-13H,2-11H2,1H3. The molecule has 90 valence electrons. The molecule has 1 heterocycles. The van der Waals surface area contributed by atoms with Crippen molar-refractivity contribution in [1.29, 1.82) is 0 Å². The fraction of sp³-hybridized carbons (Fsp3) is 1.00. The van der Waals surface area contributed by atoms with Gasteiger partial charge in [-0.1, -0.05) is 0 Å². The Morgan fingerprint density at radius 3 is 2.73 bits per heavy atom. The molecule has 0 unspecified atom stereocenters. The summed E-state index contributed by atoms with van der Waals surface area (Å²) in [7, 11) is 2.00. The lowest BCUT2D eigenvalue weighted by atomic mass is 10.0. The number of ether oxygens (including phenoxy) is 2. The van der Waals surface area contributed by atoms with Crippen molar-refractivity contribution in [1.82, 2.24) is 5.32 Å². The Kier molecular flexibility index (Phi) is 7.88. The molecule has 0 amide bonds. The van der Waals surface area contributed by atoms with Gasteiger partial charge in [0, 0.05) is 26.4 Å². The maximum Gasteiger partial charge on any atom is 0.0495 e. The summed E-state index contributed by atoms with van der Waals surface area (Å²) in [6, 6.07) is 0. The van der Waals surface area contributed by atoms with E-state index in [-0.39, 0.29) is 0 Å². The summed E-state index contributed by atoms with van der Waals surface area (Å²) >= 11 is 0. The number of nitrogens with one attached hydrogen (secondary N) is 1. The first kappa shape index (κ1) is 12.9. The van der Waals surface area contributed by atoms with Crippen LogP contribution in [0.15, 0.2) is 0 Å². The first-order valence-corrected chi connectivity index (χ1v) is 6.23. The SMILES string of the molecule is CNCCCCCOCC1CCOCC1. The third-order valence-electron chi connectivity index (χ3n) is 2.91. The molecule has 1 aliphatic rings. The van der Waals surface area contributed by atoms with Crippen LogP contribution in [-0.2, 0) is 9.47 Å². The zero-order valence-electron chi connectivity index (χ0n) is 9.96. The van der Waals surface area contributed by atoms with E-state index in [1.807, 2.05) is 7.05 Å². The summed E-state index contributed by atoms with van der Waals surface area (Å²) in [4.78, 5) is 0. The average molecular weight is 215 g/mol. The van der Waals surface area contributed by atoms with Crippen molar-refractivity contribution in [3.05, 3.63) is 0 Å². The van der Waals surface area contributed by atoms with Crippen LogP contribution in [0.5, 0.6) is 0 Å². The molecule has 0 aromatic carbocycles. The molecule has 1 rings (SSSR count). The van der Waals surface area contributed by atoms with E-state index in [4.69, 9.17) is 9.47 Å². The number of rotatable bonds is 8. The van der Waals surface area contributed by atoms with Crippen molar-refractivity contribution in [3.63, 3.8) is 0 Å². The number of hydrogen-bond donors (Lipinski definition) is 1. The third kappa shape index (κ3) is 6.88. The average Bonchev–Trinajstić information content (AvgIpc) is 2.29. The van der Waals surface area contributed by atoms with Crippen LogP contribution in [0.25, 0.3) is 0 Å². The summed E-state index contributed by atoms with van der Waals surface area (Å²) in [6.45, 7) is 4.85. The maximum atomic E-state index is 5.68. The normalized spacial score (nSPS) is 18.2. The predicted octanol–water partition coefficient (Wildman–Crippen LogP) is 1.82. The van der Waals surface area contributed by atoms with E-state index in [0.29, 0.717) is 0 Å². The molecule has 1 fully saturated rings. The van der Waals surface area contributed by atoms with Gasteiger partial charge in [-0.15, -0.1) is 0 Å². The Hall–Kier alpha value is -0.120. The molecule has 0 spiro atoms. The van der Waals surface area contributed by atoms with Crippen LogP contribution < -0.4 is 5.32 Å². The molecule has 0 bridgehead atoms. The van der Waals surface area contributed by atoms with Crippen LogP contribution in [0.2, 0.25) is 0 Å². The molecule has 0 aromatic heterocycles. The minimum atomic E-state index is 0.746. The monoisotopic (exact) mass is 215 g/mol. The summed E-state index contributed by atoms with van der Waals surface area (Å²) in [5, 5.41) is 3.16. The smallest absolute Gasteiger partial charge is 0.0495 e. The Labute approximate surface area is 93.5 Å². The van der Waals surface area contributed by atoms with Crippen LogP contribution in [0.3, 0.4) is 0 Å². The lowest BCUT2D eigenvalue weighted by Crippen LogP contribution is -2.20. The van der Waals surface area contributed by atoms with Gasteiger partial charge in [-0.3, -0.25) is 0 Å². The topological polar surface area (TPSA) is 30.5 Å². The minimum absolute atomic E-state index is 0.746. The van der Waals surface area contributed by atoms with Gasteiger partial charge in [-0.2, -0.15) is 0 Å². The molecule has 0 aromatic rings. The Morgan fingerprint density at radius 2 is 2.00 bits per heavy atom. The van der Waals surface area contributed by atoms with Crippen molar-refractivity contribution in [2.75, 3.05) is 40.0 Å². The molecule has 1 N–H and O–H groups in total. The second kappa shape index (κ2) is 9.13. The zero-order valence-corrected chi connectivity index (χ0v) is 9.96. The van der Waals surface area contributed by atoms with E-state index in [2.05, 4.69) is 5.32 Å². The van der Waals surface area contributed by atoms with E-state index < -0.39 is 0 Å². The summed E-state index contributed by atoms with van der Waals surface area (Å²) in [6.07, 6.45) is 6.09. The van der Waals surface area contributed by atoms with Crippen LogP contribution in [0, 0.1) is 5.92 Å². The summed E-state index contributed by atoms with van der Waals surface area (Å²) < 4.78 is 11.0. The summed E-state index contributed by atoms with van der Waals surface area (Å²) in [5.41, 5.74) is 0. The van der Waals surface area contributed by atoms with Crippen LogP contribution in [-0.4, -0.2) is 40.0 Å². The lowest BCUT2D eigenvalue weighted by molar-refractivity contribution is 0.0198. The van der Waals surface area contributed by atoms with Crippen molar-refractivity contribution >= 4 is 0 Å². The molecular formula is C12H25NO2. The van der Waals surface area contributed by atoms with Gasteiger partial charge in [0.15, 0.2) is 0 Å². The van der Waals surface area contributed by atoms with Crippen molar-refractivity contribution in [3.8, 4) is 0 Å². The molecule has 15 heavy (non-hydrogen) atoms. The second-order valence-corrected chi connectivity index (χ2v) is 4.29. The number of hydrogen-bond acceptors (Lipinski definition) is 3. The molecule has 0 aliphatic carbocycles. The van der Waals surface area contributed by atoms with Gasteiger partial charge >= 0.3 is 0 Å². The summed E-state index contributed by atoms with van der Waals surface area (Å²) in [5.74, 6) is 0.746. The number of unbranched alkanes of at least 4 members (excludes halogenated alkanes) is 2. The van der Waals surface area contributed by atoms with Gasteiger partial charge < -0.3 is 14.8 Å². The highest BCUT2D eigenvalue weighted by atomic mass is 16.5. The fourth-order valence-corrected chi connectivity index (χ4v) is 1.85. The first-order valence-electron chi connectivity index (χ1n) is 6.23. The van der Waals surface area contributed by atoms with E-state index in [1.165, 1.54) is 32.1 Å². The minimum Gasteiger partial charge on any atom is -0.381 e. The van der Waals surface area contributed by atoms with Gasteiger partial charge in [0.1, 0.15) is 0 Å². The van der Waals surface area contributed by atoms with E-state index >= 15 is 0 Å². The van der Waals surface area contributed by atoms with Crippen molar-refractivity contribution < 1.29 is 9.47 Å². The van der Waals surface area contributed by atoms with Crippen LogP contribution in [0.4, 0.5) is 0 Å². The van der Waals surface area contributed by atoms with Gasteiger partial charge in [-0.25, -0.2) is 0 Å².